The summed E-state index contributed by atoms with van der Waals surface area (Å²) < 4.78 is 37.7. The summed E-state index contributed by atoms with van der Waals surface area (Å²) in [6.45, 7) is 6.31. The van der Waals surface area contributed by atoms with Crippen LogP contribution in [0.5, 0.6) is 11.5 Å². The van der Waals surface area contributed by atoms with Crippen molar-refractivity contribution in [1.29, 1.82) is 0 Å². The molecule has 2 aromatic carbocycles. The van der Waals surface area contributed by atoms with Crippen LogP contribution in [-0.2, 0) is 26.2 Å². The van der Waals surface area contributed by atoms with Gasteiger partial charge in [0.25, 0.3) is 0 Å². The molecule has 0 saturated carbocycles. The fourth-order valence-corrected chi connectivity index (χ4v) is 4.81. The summed E-state index contributed by atoms with van der Waals surface area (Å²) in [5, 5.41) is 3.25. The van der Waals surface area contributed by atoms with Gasteiger partial charge in [-0.1, -0.05) is 29.8 Å². The summed E-state index contributed by atoms with van der Waals surface area (Å²) in [6, 6.07) is 10.7. The zero-order valence-corrected chi connectivity index (χ0v) is 21.7. The lowest BCUT2D eigenvalue weighted by molar-refractivity contribution is -0.139. The Morgan fingerprint density at radius 1 is 1.09 bits per heavy atom. The number of rotatable bonds is 10. The van der Waals surface area contributed by atoms with Crippen LogP contribution in [0.2, 0.25) is 5.02 Å². The van der Waals surface area contributed by atoms with Crippen molar-refractivity contribution in [3.05, 3.63) is 53.1 Å². The summed E-state index contributed by atoms with van der Waals surface area (Å²) in [4.78, 5) is 27.8. The molecule has 1 heterocycles. The SMILES string of the molecule is CCS(=O)(=O)N(CC(=O)N(Cc1ccccc1Cl)[C@H](C)C(=O)NC(C)C)c1ccc2c(c1)OCO2. The second kappa shape index (κ2) is 11.2. The van der Waals surface area contributed by atoms with Crippen LogP contribution < -0.4 is 19.1 Å². The van der Waals surface area contributed by atoms with Gasteiger partial charge in [-0.25, -0.2) is 8.42 Å². The Morgan fingerprint density at radius 2 is 1.77 bits per heavy atom. The molecule has 0 bridgehead atoms. The molecule has 190 valence electrons. The number of anilines is 1. The van der Waals surface area contributed by atoms with E-state index >= 15 is 0 Å². The monoisotopic (exact) mass is 523 g/mol. The molecule has 2 aromatic rings. The number of hydrogen-bond acceptors (Lipinski definition) is 6. The number of ether oxygens (including phenoxy) is 2. The summed E-state index contributed by atoms with van der Waals surface area (Å²) >= 11 is 6.32. The third-order valence-corrected chi connectivity index (χ3v) is 7.63. The van der Waals surface area contributed by atoms with Crippen molar-refractivity contribution >= 4 is 39.1 Å². The molecule has 1 atom stereocenters. The van der Waals surface area contributed by atoms with Crippen molar-refractivity contribution in [3.63, 3.8) is 0 Å². The third-order valence-electron chi connectivity index (χ3n) is 5.52. The maximum Gasteiger partial charge on any atom is 0.244 e. The molecule has 1 aliphatic rings. The number of fused-ring (bicyclic) bond motifs is 1. The normalized spacial score (nSPS) is 13.4. The Bertz CT molecular complexity index is 1190. The van der Waals surface area contributed by atoms with E-state index in [4.69, 9.17) is 21.1 Å². The van der Waals surface area contributed by atoms with Crippen LogP contribution in [0.15, 0.2) is 42.5 Å². The van der Waals surface area contributed by atoms with Crippen LogP contribution in [0.3, 0.4) is 0 Å². The second-order valence-corrected chi connectivity index (χ2v) is 11.0. The van der Waals surface area contributed by atoms with E-state index in [0.717, 1.165) is 4.31 Å². The van der Waals surface area contributed by atoms with E-state index in [-0.39, 0.29) is 36.7 Å². The van der Waals surface area contributed by atoms with Gasteiger partial charge in [0, 0.05) is 23.7 Å². The fraction of sp³-hybridized carbons (Fsp3) is 0.417. The number of benzene rings is 2. The van der Waals surface area contributed by atoms with Crippen LogP contribution in [0, 0.1) is 0 Å². The molecule has 0 saturated heterocycles. The smallest absolute Gasteiger partial charge is 0.244 e. The number of nitrogens with zero attached hydrogens (tertiary/aromatic N) is 2. The summed E-state index contributed by atoms with van der Waals surface area (Å²) in [7, 11) is -3.84. The van der Waals surface area contributed by atoms with Crippen LogP contribution in [-0.4, -0.2) is 56.3 Å². The number of halogens is 1. The lowest BCUT2D eigenvalue weighted by atomic mass is 10.1. The molecule has 3 rings (SSSR count). The zero-order chi connectivity index (χ0) is 25.8. The van der Waals surface area contributed by atoms with Gasteiger partial charge in [-0.3, -0.25) is 13.9 Å². The first-order valence-corrected chi connectivity index (χ1v) is 13.3. The number of nitrogens with one attached hydrogen (secondary N) is 1. The highest BCUT2D eigenvalue weighted by Gasteiger charge is 2.32. The molecule has 11 heteroatoms. The topological polar surface area (TPSA) is 105 Å². The summed E-state index contributed by atoms with van der Waals surface area (Å²) in [6.07, 6.45) is 0. The average molecular weight is 524 g/mol. The van der Waals surface area contributed by atoms with Crippen molar-refractivity contribution in [2.24, 2.45) is 0 Å². The van der Waals surface area contributed by atoms with Crippen LogP contribution in [0.4, 0.5) is 5.69 Å². The molecule has 2 amide bonds. The first-order chi connectivity index (χ1) is 16.5. The van der Waals surface area contributed by atoms with Gasteiger partial charge in [0.1, 0.15) is 12.6 Å². The van der Waals surface area contributed by atoms with Crippen molar-refractivity contribution in [2.75, 3.05) is 23.4 Å². The highest BCUT2D eigenvalue weighted by Crippen LogP contribution is 2.36. The Hall–Kier alpha value is -2.98. The van der Waals surface area contributed by atoms with E-state index in [1.165, 1.54) is 17.9 Å². The van der Waals surface area contributed by atoms with E-state index in [1.807, 2.05) is 13.8 Å². The Kier molecular flexibility index (Phi) is 8.50. The molecule has 0 aromatic heterocycles. The molecule has 0 radical (unpaired) electrons. The molecule has 35 heavy (non-hydrogen) atoms. The van der Waals surface area contributed by atoms with Gasteiger partial charge in [0.2, 0.25) is 28.6 Å². The molecule has 0 unspecified atom stereocenters. The summed E-state index contributed by atoms with van der Waals surface area (Å²) in [5.41, 5.74) is 0.904. The Balaban J connectivity index is 1.95. The van der Waals surface area contributed by atoms with Crippen molar-refractivity contribution in [3.8, 4) is 11.5 Å². The highest BCUT2D eigenvalue weighted by molar-refractivity contribution is 7.92. The largest absolute Gasteiger partial charge is 0.454 e. The molecular formula is C24H30ClN3O6S. The van der Waals surface area contributed by atoms with E-state index in [2.05, 4.69) is 5.32 Å². The highest BCUT2D eigenvalue weighted by atomic mass is 35.5. The van der Waals surface area contributed by atoms with Crippen molar-refractivity contribution in [1.82, 2.24) is 10.2 Å². The average Bonchev–Trinajstić information content (AvgIpc) is 3.28. The fourth-order valence-electron chi connectivity index (χ4n) is 3.56. The van der Waals surface area contributed by atoms with Gasteiger partial charge >= 0.3 is 0 Å². The molecule has 1 N–H and O–H groups in total. The van der Waals surface area contributed by atoms with Gasteiger partial charge in [-0.2, -0.15) is 0 Å². The molecule has 0 spiro atoms. The van der Waals surface area contributed by atoms with E-state index in [1.54, 1.807) is 43.3 Å². The van der Waals surface area contributed by atoms with Crippen molar-refractivity contribution < 1.29 is 27.5 Å². The number of sulfonamides is 1. The Morgan fingerprint density at radius 3 is 2.43 bits per heavy atom. The maximum absolute atomic E-state index is 13.6. The number of hydrogen-bond donors (Lipinski definition) is 1. The summed E-state index contributed by atoms with van der Waals surface area (Å²) in [5.74, 6) is -0.237. The standard InChI is InChI=1S/C24H30ClN3O6S/c1-5-35(31,32)28(19-10-11-21-22(12-19)34-15-33-21)14-23(29)27(17(4)24(30)26-16(2)3)13-18-8-6-7-9-20(18)25/h6-12,16-17H,5,13-15H2,1-4H3,(H,26,30)/t17-/m1/s1. The van der Waals surface area contributed by atoms with Crippen LogP contribution in [0.1, 0.15) is 33.3 Å². The lowest BCUT2D eigenvalue weighted by Gasteiger charge is -2.32. The van der Waals surface area contributed by atoms with Crippen LogP contribution >= 0.6 is 11.6 Å². The van der Waals surface area contributed by atoms with E-state index in [0.29, 0.717) is 22.1 Å². The minimum absolute atomic E-state index is 0.0341. The van der Waals surface area contributed by atoms with Gasteiger partial charge in [0.15, 0.2) is 11.5 Å². The quantitative estimate of drug-likeness (QED) is 0.513. The number of carbonyl (C=O) groups is 2. The predicted octanol–water partition coefficient (Wildman–Crippen LogP) is 3.17. The van der Waals surface area contributed by atoms with Gasteiger partial charge < -0.3 is 19.7 Å². The van der Waals surface area contributed by atoms with E-state index in [9.17, 15) is 18.0 Å². The number of amides is 2. The molecule has 1 aliphatic heterocycles. The van der Waals surface area contributed by atoms with E-state index < -0.39 is 28.5 Å². The first kappa shape index (κ1) is 26.6. The molecule has 0 fully saturated rings. The second-order valence-electron chi connectivity index (χ2n) is 8.40. The maximum atomic E-state index is 13.6. The van der Waals surface area contributed by atoms with Gasteiger partial charge in [0.05, 0.1) is 11.4 Å². The molecule has 9 nitrogen and oxygen atoms in total. The van der Waals surface area contributed by atoms with Crippen molar-refractivity contribution in [2.45, 2.75) is 46.3 Å². The molecular weight excluding hydrogens is 494 g/mol. The number of carbonyl (C=O) groups excluding carboxylic acids is 2. The van der Waals surface area contributed by atoms with Crippen LogP contribution in [0.25, 0.3) is 0 Å². The zero-order valence-electron chi connectivity index (χ0n) is 20.2. The first-order valence-electron chi connectivity index (χ1n) is 11.3. The predicted molar refractivity (Wildman–Crippen MR) is 134 cm³/mol. The molecule has 0 aliphatic carbocycles. The minimum Gasteiger partial charge on any atom is -0.454 e. The van der Waals surface area contributed by atoms with Gasteiger partial charge in [-0.15, -0.1) is 0 Å². The van der Waals surface area contributed by atoms with Gasteiger partial charge in [-0.05, 0) is 51.5 Å². The Labute approximate surface area is 211 Å². The third kappa shape index (κ3) is 6.37. The lowest BCUT2D eigenvalue weighted by Crippen LogP contribution is -2.52. The minimum atomic E-state index is -3.84.